The highest BCUT2D eigenvalue weighted by Gasteiger charge is 2.42. The molecule has 0 spiro atoms. The maximum absolute atomic E-state index is 6.43. The van der Waals surface area contributed by atoms with Gasteiger partial charge in [-0.15, -0.1) is 0 Å². The van der Waals surface area contributed by atoms with E-state index in [4.69, 9.17) is 37.8 Å². The van der Waals surface area contributed by atoms with Crippen molar-refractivity contribution in [3.63, 3.8) is 0 Å². The molecular weight excluding hydrogens is 487 g/mol. The van der Waals surface area contributed by atoms with Crippen molar-refractivity contribution in [3.05, 3.63) is 91.9 Å². The Bertz CT molecular complexity index is 1150. The van der Waals surface area contributed by atoms with Crippen LogP contribution in [0.4, 0.5) is 0 Å². The fraction of sp³-hybridized carbons (Fsp3) is 0.174. The highest BCUT2D eigenvalue weighted by molar-refractivity contribution is 9.10. The number of halogens is 3. The first kappa shape index (κ1) is 19.7. The van der Waals surface area contributed by atoms with Crippen LogP contribution in [0.15, 0.2) is 70.2 Å². The number of ether oxygens (including phenoxy) is 2. The van der Waals surface area contributed by atoms with E-state index >= 15 is 0 Å². The fourth-order valence-corrected chi connectivity index (χ4v) is 4.66. The molecule has 0 bridgehead atoms. The molecule has 0 aromatic heterocycles. The lowest BCUT2D eigenvalue weighted by molar-refractivity contribution is -0.0203. The molecule has 2 heterocycles. The number of hydrogen-bond donors (Lipinski definition) is 0. The molecule has 0 saturated carbocycles. The van der Waals surface area contributed by atoms with Gasteiger partial charge in [-0.2, -0.15) is 5.10 Å². The molecule has 7 heteroatoms. The predicted octanol–water partition coefficient (Wildman–Crippen LogP) is 7.01. The van der Waals surface area contributed by atoms with E-state index in [1.807, 2.05) is 65.7 Å². The number of nitrogens with zero attached hydrogens (tertiary/aromatic N) is 2. The first-order valence-corrected chi connectivity index (χ1v) is 11.0. The minimum Gasteiger partial charge on any atom is -0.496 e. The van der Waals surface area contributed by atoms with Gasteiger partial charge in [0.2, 0.25) is 6.23 Å². The van der Waals surface area contributed by atoms with Gasteiger partial charge in [-0.05, 0) is 54.1 Å². The molecule has 2 aliphatic rings. The Balaban J connectivity index is 1.64. The number of fused-ring (bicyclic) bond motifs is 3. The average Bonchev–Trinajstić information content (AvgIpc) is 3.19. The highest BCUT2D eigenvalue weighted by atomic mass is 79.9. The van der Waals surface area contributed by atoms with Gasteiger partial charge in [0.25, 0.3) is 0 Å². The van der Waals surface area contributed by atoms with Gasteiger partial charge >= 0.3 is 0 Å². The number of rotatable bonds is 3. The molecule has 0 radical (unpaired) electrons. The zero-order chi connectivity index (χ0) is 20.8. The third kappa shape index (κ3) is 3.45. The molecule has 0 N–H and O–H groups in total. The van der Waals surface area contributed by atoms with Gasteiger partial charge < -0.3 is 9.47 Å². The summed E-state index contributed by atoms with van der Waals surface area (Å²) in [6, 6.07) is 19.4. The largest absolute Gasteiger partial charge is 0.496 e. The molecule has 30 heavy (non-hydrogen) atoms. The first-order valence-electron chi connectivity index (χ1n) is 9.45. The summed E-state index contributed by atoms with van der Waals surface area (Å²) in [4.78, 5) is 0. The first-order chi connectivity index (χ1) is 14.5. The Morgan fingerprint density at radius 1 is 1.00 bits per heavy atom. The Kier molecular flexibility index (Phi) is 5.13. The number of benzene rings is 3. The van der Waals surface area contributed by atoms with E-state index in [1.54, 1.807) is 7.11 Å². The van der Waals surface area contributed by atoms with Crippen molar-refractivity contribution in [1.29, 1.82) is 0 Å². The van der Waals surface area contributed by atoms with Crippen molar-refractivity contribution >= 4 is 44.8 Å². The van der Waals surface area contributed by atoms with Crippen LogP contribution in [0, 0.1) is 0 Å². The van der Waals surface area contributed by atoms with Gasteiger partial charge in [0.05, 0.1) is 24.4 Å². The van der Waals surface area contributed by atoms with Crippen molar-refractivity contribution in [1.82, 2.24) is 5.01 Å². The molecule has 3 aromatic rings. The molecular formula is C23H17BrCl2N2O2. The van der Waals surface area contributed by atoms with Crippen molar-refractivity contribution in [2.24, 2.45) is 5.10 Å². The number of hydrogen-bond acceptors (Lipinski definition) is 4. The second-order valence-electron chi connectivity index (χ2n) is 7.19. The molecule has 0 aliphatic carbocycles. The second-order valence-corrected chi connectivity index (χ2v) is 8.98. The summed E-state index contributed by atoms with van der Waals surface area (Å²) in [5.41, 5.74) is 3.95. The lowest BCUT2D eigenvalue weighted by Crippen LogP contribution is -2.34. The minimum atomic E-state index is -0.430. The average molecular weight is 504 g/mol. The summed E-state index contributed by atoms with van der Waals surface area (Å²) in [6.07, 6.45) is 0.312. The van der Waals surface area contributed by atoms with Crippen LogP contribution in [0.3, 0.4) is 0 Å². The highest BCUT2D eigenvalue weighted by Crippen LogP contribution is 2.49. The van der Waals surface area contributed by atoms with E-state index in [9.17, 15) is 0 Å². The third-order valence-corrected chi connectivity index (χ3v) is 6.37. The van der Waals surface area contributed by atoms with Gasteiger partial charge in [0.1, 0.15) is 11.5 Å². The zero-order valence-electron chi connectivity index (χ0n) is 16.0. The van der Waals surface area contributed by atoms with Crippen molar-refractivity contribution in [2.75, 3.05) is 7.11 Å². The monoisotopic (exact) mass is 502 g/mol. The quantitative estimate of drug-likeness (QED) is 0.385. The standard InChI is InChI=1S/C23H17BrCl2N2O2/c1-29-21-8-4-14(24)10-18(21)23-28-20(17-11-16(26)7-9-22(17)30-23)12-19(27-28)13-2-5-15(25)6-3-13/h2-11,20,23H,12H2,1H3/t20-,23+/m1/s1. The summed E-state index contributed by atoms with van der Waals surface area (Å²) in [5.74, 6) is 1.55. The topological polar surface area (TPSA) is 34.1 Å². The summed E-state index contributed by atoms with van der Waals surface area (Å²) >= 11 is 15.9. The van der Waals surface area contributed by atoms with Gasteiger partial charge in [0.15, 0.2) is 0 Å². The van der Waals surface area contributed by atoms with Crippen LogP contribution in [0.2, 0.25) is 10.0 Å². The molecule has 0 amide bonds. The minimum absolute atomic E-state index is 0.00631. The predicted molar refractivity (Wildman–Crippen MR) is 123 cm³/mol. The van der Waals surface area contributed by atoms with Crippen LogP contribution in [-0.4, -0.2) is 17.8 Å². The molecule has 2 atom stereocenters. The molecule has 4 nitrogen and oxygen atoms in total. The summed E-state index contributed by atoms with van der Waals surface area (Å²) in [7, 11) is 1.66. The van der Waals surface area contributed by atoms with Gasteiger partial charge in [-0.1, -0.05) is 51.3 Å². The third-order valence-electron chi connectivity index (χ3n) is 5.39. The van der Waals surface area contributed by atoms with Gasteiger partial charge in [-0.3, -0.25) is 0 Å². The number of hydrazone groups is 1. The van der Waals surface area contributed by atoms with Crippen LogP contribution in [0.5, 0.6) is 11.5 Å². The second kappa shape index (κ2) is 7.80. The van der Waals surface area contributed by atoms with E-state index < -0.39 is 6.23 Å². The van der Waals surface area contributed by atoms with Gasteiger partial charge in [-0.25, -0.2) is 5.01 Å². The molecule has 0 saturated heterocycles. The number of methoxy groups -OCH3 is 1. The van der Waals surface area contributed by atoms with Crippen molar-refractivity contribution in [2.45, 2.75) is 18.7 Å². The normalized spacial score (nSPS) is 19.6. The van der Waals surface area contributed by atoms with Crippen LogP contribution in [0.1, 0.15) is 35.4 Å². The van der Waals surface area contributed by atoms with E-state index in [0.717, 1.165) is 44.8 Å². The van der Waals surface area contributed by atoms with E-state index in [0.29, 0.717) is 10.0 Å². The summed E-state index contributed by atoms with van der Waals surface area (Å²) in [6.45, 7) is 0. The molecule has 0 unspecified atom stereocenters. The maximum Gasteiger partial charge on any atom is 0.217 e. The van der Waals surface area contributed by atoms with Crippen LogP contribution >= 0.6 is 39.1 Å². The maximum atomic E-state index is 6.43. The Morgan fingerprint density at radius 3 is 2.53 bits per heavy atom. The molecule has 5 rings (SSSR count). The molecule has 0 fully saturated rings. The van der Waals surface area contributed by atoms with Crippen molar-refractivity contribution < 1.29 is 9.47 Å². The molecule has 3 aromatic carbocycles. The lowest BCUT2D eigenvalue weighted by Gasteiger charge is -2.38. The van der Waals surface area contributed by atoms with E-state index in [2.05, 4.69) is 15.9 Å². The summed E-state index contributed by atoms with van der Waals surface area (Å²) < 4.78 is 13.0. The Labute approximate surface area is 193 Å². The Hall–Kier alpha value is -2.21. The van der Waals surface area contributed by atoms with Gasteiger partial charge in [0, 0.05) is 26.5 Å². The Morgan fingerprint density at radius 2 is 1.77 bits per heavy atom. The van der Waals surface area contributed by atoms with E-state index in [-0.39, 0.29) is 6.04 Å². The lowest BCUT2D eigenvalue weighted by atomic mass is 9.96. The summed E-state index contributed by atoms with van der Waals surface area (Å²) in [5, 5.41) is 8.35. The van der Waals surface area contributed by atoms with E-state index in [1.165, 1.54) is 0 Å². The van der Waals surface area contributed by atoms with Crippen LogP contribution < -0.4 is 9.47 Å². The van der Waals surface area contributed by atoms with Crippen molar-refractivity contribution in [3.8, 4) is 11.5 Å². The zero-order valence-corrected chi connectivity index (χ0v) is 19.1. The fourth-order valence-electron chi connectivity index (χ4n) is 3.98. The molecule has 152 valence electrons. The van der Waals surface area contributed by atoms with Crippen LogP contribution in [-0.2, 0) is 0 Å². The smallest absolute Gasteiger partial charge is 0.217 e. The SMILES string of the molecule is COc1ccc(Br)cc1[C@@H]1Oc2ccc(Cl)cc2[C@H]2CC(c3ccc(Cl)cc3)=NN21. The van der Waals surface area contributed by atoms with Crippen LogP contribution in [0.25, 0.3) is 0 Å². The molecule has 2 aliphatic heterocycles.